The number of thioether (sulfide) groups is 1. The molecule has 0 saturated heterocycles. The largest absolute Gasteiger partial charge is 0.325 e. The Kier molecular flexibility index (Phi) is 5.71. The summed E-state index contributed by atoms with van der Waals surface area (Å²) in [5.74, 6) is 0.507. The Balaban J connectivity index is 1.61. The number of rotatable bonds is 6. The Hall–Kier alpha value is -2.93. The standard InChI is InChI=1S/C20H20N4O2S/c1-12-4-6-16(7-5-12)18-22-20(24-23-18)27-14(3)19(26)21-17-10-8-15(9-11-17)13(2)25/h4-11,14H,1-3H3,(H,21,26)(H,22,23,24)/t14-/m0/s1. The molecule has 27 heavy (non-hydrogen) atoms. The fraction of sp³-hybridized carbons (Fsp3) is 0.200. The van der Waals surface area contributed by atoms with Gasteiger partial charge in [0, 0.05) is 16.8 Å². The molecule has 3 rings (SSSR count). The molecule has 0 radical (unpaired) electrons. The fourth-order valence-corrected chi connectivity index (χ4v) is 3.11. The number of amides is 1. The van der Waals surface area contributed by atoms with Gasteiger partial charge in [0.2, 0.25) is 11.1 Å². The molecule has 0 aliphatic heterocycles. The predicted octanol–water partition coefficient (Wildman–Crippen LogP) is 4.10. The molecule has 0 spiro atoms. The second-order valence-electron chi connectivity index (χ2n) is 6.22. The van der Waals surface area contributed by atoms with Crippen LogP contribution in [0.15, 0.2) is 53.7 Å². The lowest BCUT2D eigenvalue weighted by Gasteiger charge is -2.10. The number of hydrogen-bond acceptors (Lipinski definition) is 5. The van der Waals surface area contributed by atoms with Gasteiger partial charge in [-0.2, -0.15) is 0 Å². The number of carbonyl (C=O) groups is 2. The van der Waals surface area contributed by atoms with Gasteiger partial charge in [-0.25, -0.2) is 4.98 Å². The number of aryl methyl sites for hydroxylation is 1. The van der Waals surface area contributed by atoms with E-state index in [-0.39, 0.29) is 16.9 Å². The van der Waals surface area contributed by atoms with E-state index in [9.17, 15) is 9.59 Å². The van der Waals surface area contributed by atoms with Gasteiger partial charge < -0.3 is 5.32 Å². The van der Waals surface area contributed by atoms with E-state index in [1.165, 1.54) is 24.2 Å². The topological polar surface area (TPSA) is 87.7 Å². The van der Waals surface area contributed by atoms with Crippen LogP contribution >= 0.6 is 11.8 Å². The fourth-order valence-electron chi connectivity index (χ4n) is 2.38. The summed E-state index contributed by atoms with van der Waals surface area (Å²) in [6.45, 7) is 5.33. The van der Waals surface area contributed by atoms with Crippen LogP contribution in [0.25, 0.3) is 11.4 Å². The molecule has 138 valence electrons. The third kappa shape index (κ3) is 4.83. The number of ketones is 1. The van der Waals surface area contributed by atoms with Crippen LogP contribution in [0.4, 0.5) is 5.69 Å². The summed E-state index contributed by atoms with van der Waals surface area (Å²) in [4.78, 5) is 28.1. The van der Waals surface area contributed by atoms with Gasteiger partial charge in [0.05, 0.1) is 5.25 Å². The Morgan fingerprint density at radius 1 is 1.07 bits per heavy atom. The number of Topliss-reactive ketones (excluding diaryl/α,β-unsaturated/α-hetero) is 1. The summed E-state index contributed by atoms with van der Waals surface area (Å²) in [6.07, 6.45) is 0. The van der Waals surface area contributed by atoms with Crippen LogP contribution in [-0.2, 0) is 4.79 Å². The average Bonchev–Trinajstić information content (AvgIpc) is 3.11. The molecule has 1 aromatic heterocycles. The third-order valence-corrected chi connectivity index (χ3v) is 4.96. The zero-order valence-electron chi connectivity index (χ0n) is 15.3. The molecule has 0 fully saturated rings. The zero-order valence-corrected chi connectivity index (χ0v) is 16.1. The SMILES string of the molecule is CC(=O)c1ccc(NC(=O)[C@H](C)Sc2n[nH]c(-c3ccc(C)cc3)n2)cc1. The van der Waals surface area contributed by atoms with Crippen molar-refractivity contribution in [1.82, 2.24) is 15.2 Å². The van der Waals surface area contributed by atoms with E-state index in [4.69, 9.17) is 0 Å². The highest BCUT2D eigenvalue weighted by atomic mass is 32.2. The minimum absolute atomic E-state index is 0.00853. The van der Waals surface area contributed by atoms with Crippen molar-refractivity contribution in [2.45, 2.75) is 31.2 Å². The maximum absolute atomic E-state index is 12.4. The van der Waals surface area contributed by atoms with Crippen molar-refractivity contribution in [3.63, 3.8) is 0 Å². The molecule has 3 aromatic rings. The van der Waals surface area contributed by atoms with Crippen molar-refractivity contribution in [3.05, 3.63) is 59.7 Å². The predicted molar refractivity (Wildman–Crippen MR) is 107 cm³/mol. The van der Waals surface area contributed by atoms with Gasteiger partial charge in [0.15, 0.2) is 11.6 Å². The van der Waals surface area contributed by atoms with E-state index in [1.807, 2.05) is 31.2 Å². The van der Waals surface area contributed by atoms with E-state index in [0.29, 0.717) is 22.2 Å². The number of nitrogens with zero attached hydrogens (tertiary/aromatic N) is 2. The Labute approximate surface area is 161 Å². The molecular formula is C20H20N4O2S. The van der Waals surface area contributed by atoms with Gasteiger partial charge in [0.1, 0.15) is 0 Å². The first-order valence-electron chi connectivity index (χ1n) is 8.50. The number of H-pyrrole nitrogens is 1. The summed E-state index contributed by atoms with van der Waals surface area (Å²) in [5, 5.41) is 10.1. The summed E-state index contributed by atoms with van der Waals surface area (Å²) in [6, 6.07) is 14.8. The lowest BCUT2D eigenvalue weighted by atomic mass is 10.1. The molecule has 7 heteroatoms. The summed E-state index contributed by atoms with van der Waals surface area (Å²) >= 11 is 1.28. The van der Waals surface area contributed by atoms with Crippen LogP contribution in [0, 0.1) is 6.92 Å². The van der Waals surface area contributed by atoms with Crippen LogP contribution in [0.5, 0.6) is 0 Å². The monoisotopic (exact) mass is 380 g/mol. The highest BCUT2D eigenvalue weighted by Crippen LogP contribution is 2.24. The second kappa shape index (κ2) is 8.18. The molecule has 0 aliphatic rings. The Morgan fingerprint density at radius 3 is 2.37 bits per heavy atom. The number of hydrogen-bond donors (Lipinski definition) is 2. The van der Waals surface area contributed by atoms with E-state index >= 15 is 0 Å². The molecule has 0 aliphatic carbocycles. The van der Waals surface area contributed by atoms with Crippen molar-refractivity contribution in [1.29, 1.82) is 0 Å². The van der Waals surface area contributed by atoms with Crippen LogP contribution in [0.3, 0.4) is 0 Å². The van der Waals surface area contributed by atoms with Gasteiger partial charge in [-0.3, -0.25) is 14.7 Å². The summed E-state index contributed by atoms with van der Waals surface area (Å²) in [7, 11) is 0. The molecule has 1 atom stereocenters. The van der Waals surface area contributed by atoms with E-state index in [2.05, 4.69) is 20.5 Å². The van der Waals surface area contributed by atoms with Crippen LogP contribution < -0.4 is 5.32 Å². The van der Waals surface area contributed by atoms with Crippen LogP contribution in [0.2, 0.25) is 0 Å². The number of anilines is 1. The van der Waals surface area contributed by atoms with Gasteiger partial charge in [-0.05, 0) is 45.0 Å². The van der Waals surface area contributed by atoms with E-state index in [0.717, 1.165) is 5.56 Å². The molecule has 2 N–H and O–H groups in total. The first-order chi connectivity index (χ1) is 12.9. The van der Waals surface area contributed by atoms with Crippen molar-refractivity contribution < 1.29 is 9.59 Å². The number of aromatic amines is 1. The summed E-state index contributed by atoms with van der Waals surface area (Å²) < 4.78 is 0. The molecule has 2 aromatic carbocycles. The molecule has 1 heterocycles. The first kappa shape index (κ1) is 18.8. The normalized spacial score (nSPS) is 11.8. The number of benzene rings is 2. The molecule has 0 unspecified atom stereocenters. The van der Waals surface area contributed by atoms with Crippen LogP contribution in [0.1, 0.15) is 29.8 Å². The van der Waals surface area contributed by atoms with Crippen molar-refractivity contribution in [2.75, 3.05) is 5.32 Å². The zero-order chi connectivity index (χ0) is 19.4. The lowest BCUT2D eigenvalue weighted by Crippen LogP contribution is -2.22. The minimum atomic E-state index is -0.376. The second-order valence-corrected chi connectivity index (χ2v) is 7.52. The van der Waals surface area contributed by atoms with Crippen molar-refractivity contribution in [3.8, 4) is 11.4 Å². The number of carbonyl (C=O) groups excluding carboxylic acids is 2. The average molecular weight is 380 g/mol. The molecule has 0 saturated carbocycles. The minimum Gasteiger partial charge on any atom is -0.325 e. The quantitative estimate of drug-likeness (QED) is 0.496. The Bertz CT molecular complexity index is 949. The van der Waals surface area contributed by atoms with Gasteiger partial charge >= 0.3 is 0 Å². The van der Waals surface area contributed by atoms with Gasteiger partial charge in [-0.1, -0.05) is 41.6 Å². The Morgan fingerprint density at radius 2 is 1.74 bits per heavy atom. The van der Waals surface area contributed by atoms with Crippen molar-refractivity contribution in [2.24, 2.45) is 0 Å². The lowest BCUT2D eigenvalue weighted by molar-refractivity contribution is -0.115. The first-order valence-corrected chi connectivity index (χ1v) is 9.38. The van der Waals surface area contributed by atoms with Gasteiger partial charge in [0.25, 0.3) is 0 Å². The molecule has 0 bridgehead atoms. The van der Waals surface area contributed by atoms with Gasteiger partial charge in [-0.15, -0.1) is 5.10 Å². The summed E-state index contributed by atoms with van der Waals surface area (Å²) in [5.41, 5.74) is 3.38. The van der Waals surface area contributed by atoms with Crippen molar-refractivity contribution >= 4 is 29.1 Å². The van der Waals surface area contributed by atoms with E-state index < -0.39 is 0 Å². The van der Waals surface area contributed by atoms with E-state index in [1.54, 1.807) is 31.2 Å². The molecule has 1 amide bonds. The molecular weight excluding hydrogens is 360 g/mol. The number of nitrogens with one attached hydrogen (secondary N) is 2. The molecule has 6 nitrogen and oxygen atoms in total. The maximum Gasteiger partial charge on any atom is 0.237 e. The third-order valence-electron chi connectivity index (χ3n) is 4.00. The van der Waals surface area contributed by atoms with Crippen LogP contribution in [-0.4, -0.2) is 32.1 Å². The smallest absolute Gasteiger partial charge is 0.237 e. The highest BCUT2D eigenvalue weighted by molar-refractivity contribution is 8.00. The maximum atomic E-state index is 12.4. The highest BCUT2D eigenvalue weighted by Gasteiger charge is 2.17. The number of aromatic nitrogens is 3.